The van der Waals surface area contributed by atoms with Crippen molar-refractivity contribution in [1.82, 2.24) is 14.8 Å². The lowest BCUT2D eigenvalue weighted by atomic mass is 10.3. The van der Waals surface area contributed by atoms with Crippen molar-refractivity contribution in [2.45, 2.75) is 9.24 Å². The molecule has 1 saturated heterocycles. The zero-order valence-electron chi connectivity index (χ0n) is 10.3. The molecule has 1 aromatic rings. The Kier molecular flexibility index (Phi) is 5.31. The zero-order valence-corrected chi connectivity index (χ0v) is 12.7. The maximum Gasteiger partial charge on any atom is 0.270 e. The van der Waals surface area contributed by atoms with Crippen molar-refractivity contribution in [3.8, 4) is 0 Å². The molecular formula is C10H15N3O2S3. The number of ether oxygens (including phenoxy) is 1. The van der Waals surface area contributed by atoms with Crippen LogP contribution in [-0.4, -0.2) is 54.1 Å². The number of hydrogen-bond acceptors (Lipinski definition) is 7. The molecule has 0 atom stereocenters. The molecule has 1 amide bonds. The topological polar surface area (TPSA) is 54.5 Å². The van der Waals surface area contributed by atoms with Crippen LogP contribution in [0, 0.1) is 0 Å². The van der Waals surface area contributed by atoms with Crippen molar-refractivity contribution in [1.29, 1.82) is 0 Å². The van der Waals surface area contributed by atoms with E-state index in [1.54, 1.807) is 11.8 Å². The SMILES string of the molecule is CSc1nsc(SC)c1C(=O)NN1CCOCC1. The summed E-state index contributed by atoms with van der Waals surface area (Å²) < 4.78 is 10.5. The van der Waals surface area contributed by atoms with Crippen LogP contribution in [0.4, 0.5) is 0 Å². The third-order valence-electron chi connectivity index (χ3n) is 2.51. The van der Waals surface area contributed by atoms with Crippen LogP contribution in [0.25, 0.3) is 0 Å². The molecular weight excluding hydrogens is 290 g/mol. The molecule has 18 heavy (non-hydrogen) atoms. The van der Waals surface area contributed by atoms with Crippen LogP contribution in [0.5, 0.6) is 0 Å². The van der Waals surface area contributed by atoms with E-state index in [0.29, 0.717) is 18.8 Å². The molecule has 0 aromatic carbocycles. The minimum atomic E-state index is -0.0700. The minimum absolute atomic E-state index is 0.0700. The Labute approximate surface area is 119 Å². The second kappa shape index (κ2) is 6.76. The van der Waals surface area contributed by atoms with Gasteiger partial charge in [0.1, 0.15) is 5.03 Å². The average Bonchev–Trinajstić information content (AvgIpc) is 2.82. The van der Waals surface area contributed by atoms with E-state index in [1.165, 1.54) is 23.3 Å². The number of hydrogen-bond donors (Lipinski definition) is 1. The first-order valence-electron chi connectivity index (χ1n) is 5.47. The van der Waals surface area contributed by atoms with E-state index in [9.17, 15) is 4.79 Å². The van der Waals surface area contributed by atoms with Gasteiger partial charge in [-0.05, 0) is 24.0 Å². The third kappa shape index (κ3) is 3.18. The highest BCUT2D eigenvalue weighted by molar-refractivity contribution is 8.01. The summed E-state index contributed by atoms with van der Waals surface area (Å²) in [4.78, 5) is 12.3. The zero-order chi connectivity index (χ0) is 13.0. The first-order chi connectivity index (χ1) is 8.76. The number of morpholine rings is 1. The number of thioether (sulfide) groups is 2. The van der Waals surface area contributed by atoms with Crippen LogP contribution in [0.2, 0.25) is 0 Å². The van der Waals surface area contributed by atoms with E-state index in [4.69, 9.17) is 4.74 Å². The lowest BCUT2D eigenvalue weighted by Crippen LogP contribution is -2.48. The van der Waals surface area contributed by atoms with E-state index in [-0.39, 0.29) is 5.91 Å². The van der Waals surface area contributed by atoms with Crippen molar-refractivity contribution in [3.63, 3.8) is 0 Å². The van der Waals surface area contributed by atoms with Crippen LogP contribution >= 0.6 is 35.1 Å². The Morgan fingerprint density at radius 1 is 1.39 bits per heavy atom. The predicted molar refractivity (Wildman–Crippen MR) is 75.5 cm³/mol. The predicted octanol–water partition coefficient (Wildman–Crippen LogP) is 1.56. The van der Waals surface area contributed by atoms with Crippen molar-refractivity contribution >= 4 is 41.0 Å². The number of hydrazine groups is 1. The standard InChI is InChI=1S/C10H15N3O2S3/c1-16-9-7(10(17-2)18-12-9)8(14)11-13-3-5-15-6-4-13/h3-6H2,1-2H3,(H,11,14). The van der Waals surface area contributed by atoms with Gasteiger partial charge in [-0.2, -0.15) is 4.37 Å². The molecule has 0 spiro atoms. The average molecular weight is 305 g/mol. The van der Waals surface area contributed by atoms with Gasteiger partial charge >= 0.3 is 0 Å². The molecule has 1 aliphatic heterocycles. The van der Waals surface area contributed by atoms with Gasteiger partial charge < -0.3 is 4.74 Å². The second-order valence-electron chi connectivity index (χ2n) is 3.60. The summed E-state index contributed by atoms with van der Waals surface area (Å²) in [5.41, 5.74) is 3.63. The van der Waals surface area contributed by atoms with Gasteiger partial charge in [-0.25, -0.2) is 5.01 Å². The molecule has 1 aromatic heterocycles. The van der Waals surface area contributed by atoms with Crippen LogP contribution in [0.3, 0.4) is 0 Å². The van der Waals surface area contributed by atoms with Gasteiger partial charge in [-0.1, -0.05) is 0 Å². The summed E-state index contributed by atoms with van der Waals surface area (Å²) in [6.45, 7) is 2.78. The Balaban J connectivity index is 2.09. The quantitative estimate of drug-likeness (QED) is 0.852. The molecule has 0 saturated carbocycles. The number of amides is 1. The number of nitrogens with one attached hydrogen (secondary N) is 1. The molecule has 1 aliphatic rings. The Bertz CT molecular complexity index is 397. The summed E-state index contributed by atoms with van der Waals surface area (Å²) in [6, 6.07) is 0. The Morgan fingerprint density at radius 2 is 2.11 bits per heavy atom. The second-order valence-corrected chi connectivity index (χ2v) is 6.24. The Morgan fingerprint density at radius 3 is 2.72 bits per heavy atom. The molecule has 0 unspecified atom stereocenters. The highest BCUT2D eigenvalue weighted by Crippen LogP contribution is 2.32. The normalized spacial score (nSPS) is 16.8. The van der Waals surface area contributed by atoms with Crippen LogP contribution in [-0.2, 0) is 4.74 Å². The van der Waals surface area contributed by atoms with E-state index in [2.05, 4.69) is 9.80 Å². The minimum Gasteiger partial charge on any atom is -0.379 e. The fourth-order valence-electron chi connectivity index (χ4n) is 1.60. The molecule has 1 N–H and O–H groups in total. The summed E-state index contributed by atoms with van der Waals surface area (Å²) >= 11 is 4.44. The lowest BCUT2D eigenvalue weighted by molar-refractivity contribution is 0.0124. The summed E-state index contributed by atoms with van der Waals surface area (Å²) in [6.07, 6.45) is 3.90. The van der Waals surface area contributed by atoms with Gasteiger partial charge in [0.15, 0.2) is 0 Å². The van der Waals surface area contributed by atoms with Crippen LogP contribution in [0.1, 0.15) is 10.4 Å². The van der Waals surface area contributed by atoms with E-state index >= 15 is 0 Å². The van der Waals surface area contributed by atoms with Crippen LogP contribution < -0.4 is 5.43 Å². The highest BCUT2D eigenvalue weighted by atomic mass is 32.2. The summed E-state index contributed by atoms with van der Waals surface area (Å²) in [5, 5.41) is 2.70. The smallest absolute Gasteiger partial charge is 0.270 e. The molecule has 100 valence electrons. The van der Waals surface area contributed by atoms with E-state index in [0.717, 1.165) is 22.3 Å². The first kappa shape index (κ1) is 14.1. The number of carbonyl (C=O) groups excluding carboxylic acids is 1. The van der Waals surface area contributed by atoms with Gasteiger partial charge in [0.2, 0.25) is 0 Å². The molecule has 8 heteroatoms. The van der Waals surface area contributed by atoms with Crippen molar-refractivity contribution in [2.24, 2.45) is 0 Å². The van der Waals surface area contributed by atoms with Gasteiger partial charge in [-0.15, -0.1) is 23.5 Å². The number of aromatic nitrogens is 1. The first-order valence-corrected chi connectivity index (χ1v) is 8.70. The molecule has 0 aliphatic carbocycles. The Hall–Kier alpha value is -0.280. The van der Waals surface area contributed by atoms with Crippen molar-refractivity contribution in [3.05, 3.63) is 5.56 Å². The fraction of sp³-hybridized carbons (Fsp3) is 0.600. The van der Waals surface area contributed by atoms with Crippen molar-refractivity contribution < 1.29 is 9.53 Å². The fourth-order valence-corrected chi connectivity index (χ4v) is 3.88. The molecule has 0 radical (unpaired) electrons. The maximum atomic E-state index is 12.3. The number of carbonyl (C=O) groups is 1. The maximum absolute atomic E-state index is 12.3. The van der Waals surface area contributed by atoms with Crippen LogP contribution in [0.15, 0.2) is 9.24 Å². The van der Waals surface area contributed by atoms with Gasteiger partial charge in [0.25, 0.3) is 5.91 Å². The molecule has 2 heterocycles. The van der Waals surface area contributed by atoms with Gasteiger partial charge in [0.05, 0.1) is 23.0 Å². The van der Waals surface area contributed by atoms with Gasteiger partial charge in [-0.3, -0.25) is 10.2 Å². The van der Waals surface area contributed by atoms with E-state index in [1.807, 2.05) is 17.5 Å². The number of rotatable bonds is 4. The lowest BCUT2D eigenvalue weighted by Gasteiger charge is -2.26. The summed E-state index contributed by atoms with van der Waals surface area (Å²) in [5.74, 6) is -0.0700. The molecule has 2 rings (SSSR count). The van der Waals surface area contributed by atoms with E-state index < -0.39 is 0 Å². The molecule has 1 fully saturated rings. The highest BCUT2D eigenvalue weighted by Gasteiger charge is 2.22. The summed E-state index contributed by atoms with van der Waals surface area (Å²) in [7, 11) is 0. The van der Waals surface area contributed by atoms with Crippen molar-refractivity contribution in [2.75, 3.05) is 38.8 Å². The molecule has 0 bridgehead atoms. The third-order valence-corrected chi connectivity index (χ3v) is 5.25. The number of nitrogens with zero attached hydrogens (tertiary/aromatic N) is 2. The monoisotopic (exact) mass is 305 g/mol. The molecule has 5 nitrogen and oxygen atoms in total. The largest absolute Gasteiger partial charge is 0.379 e. The van der Waals surface area contributed by atoms with Gasteiger partial charge in [0, 0.05) is 13.1 Å².